The van der Waals surface area contributed by atoms with Crippen molar-refractivity contribution in [3.8, 4) is 5.06 Å². The van der Waals surface area contributed by atoms with Crippen LogP contribution in [-0.2, 0) is 5.11 Å². The monoisotopic (exact) mass is 198 g/mol. The van der Waals surface area contributed by atoms with Crippen molar-refractivity contribution in [1.82, 2.24) is 5.32 Å². The summed E-state index contributed by atoms with van der Waals surface area (Å²) in [6, 6.07) is 1.55. The van der Waals surface area contributed by atoms with Crippen LogP contribution in [0.5, 0.6) is 5.06 Å². The van der Waals surface area contributed by atoms with Gasteiger partial charge >= 0.3 is 0 Å². The van der Waals surface area contributed by atoms with Crippen LogP contribution in [0, 0.1) is 0 Å². The van der Waals surface area contributed by atoms with Gasteiger partial charge in [-0.2, -0.15) is 0 Å². The Balaban J connectivity index is 2.76. The van der Waals surface area contributed by atoms with Crippen LogP contribution in [0.15, 0.2) is 11.4 Å². The number of carbonyl (C=O) groups is 1. The van der Waals surface area contributed by atoms with Crippen molar-refractivity contribution in [1.29, 1.82) is 0 Å². The second-order valence-corrected chi connectivity index (χ2v) is 4.70. The zero-order valence-corrected chi connectivity index (χ0v) is 8.70. The number of hydrogen-bond donors (Lipinski definition) is 1. The van der Waals surface area contributed by atoms with Gasteiger partial charge in [0.2, 0.25) is 5.06 Å². The Hall–Kier alpha value is -1.03. The first-order chi connectivity index (χ1) is 5.90. The Kier molecular flexibility index (Phi) is 2.61. The van der Waals surface area contributed by atoms with E-state index >= 15 is 0 Å². The molecule has 0 aliphatic carbocycles. The van der Waals surface area contributed by atoms with Gasteiger partial charge in [-0.3, -0.25) is 9.90 Å². The van der Waals surface area contributed by atoms with Gasteiger partial charge in [-0.25, -0.2) is 0 Å². The van der Waals surface area contributed by atoms with E-state index in [0.29, 0.717) is 0 Å². The van der Waals surface area contributed by atoms with E-state index in [9.17, 15) is 9.90 Å². The smallest absolute Gasteiger partial charge is 0.256 e. The SMILES string of the molecule is CC(C)(C)NC(=O)c1ccsc1[O]. The molecule has 0 aliphatic heterocycles. The third-order valence-corrected chi connectivity index (χ3v) is 2.07. The molecule has 1 amide bonds. The first-order valence-corrected chi connectivity index (χ1v) is 4.85. The van der Waals surface area contributed by atoms with Gasteiger partial charge < -0.3 is 5.32 Å². The van der Waals surface area contributed by atoms with E-state index in [2.05, 4.69) is 5.32 Å². The molecule has 0 aromatic carbocycles. The standard InChI is InChI=1S/C9H12NO2S/c1-9(2,3)10-7(11)6-4-5-13-8(6)12/h4-5H,1-3H3,(H,10,11). The third-order valence-electron chi connectivity index (χ3n) is 1.36. The van der Waals surface area contributed by atoms with Gasteiger partial charge in [-0.1, -0.05) is 0 Å². The second kappa shape index (κ2) is 3.38. The van der Waals surface area contributed by atoms with E-state index in [0.717, 1.165) is 11.3 Å². The van der Waals surface area contributed by atoms with Crippen LogP contribution in [0.4, 0.5) is 0 Å². The van der Waals surface area contributed by atoms with Crippen LogP contribution in [-0.4, -0.2) is 11.4 Å². The summed E-state index contributed by atoms with van der Waals surface area (Å²) >= 11 is 1.04. The van der Waals surface area contributed by atoms with E-state index in [1.807, 2.05) is 20.8 Å². The lowest BCUT2D eigenvalue weighted by Crippen LogP contribution is -2.40. The molecule has 13 heavy (non-hydrogen) atoms. The van der Waals surface area contributed by atoms with Crippen LogP contribution in [0.25, 0.3) is 0 Å². The first-order valence-electron chi connectivity index (χ1n) is 3.97. The maximum absolute atomic E-state index is 11.4. The molecule has 71 valence electrons. The molecule has 0 saturated heterocycles. The molecular weight excluding hydrogens is 186 g/mol. The van der Waals surface area contributed by atoms with E-state index in [1.165, 1.54) is 0 Å². The van der Waals surface area contributed by atoms with E-state index in [1.54, 1.807) is 11.4 Å². The molecule has 0 bridgehead atoms. The third kappa shape index (κ3) is 2.73. The summed E-state index contributed by atoms with van der Waals surface area (Å²) in [5.41, 5.74) is -0.0641. The average Bonchev–Trinajstić information content (AvgIpc) is 2.30. The predicted octanol–water partition coefficient (Wildman–Crippen LogP) is 2.42. The molecule has 0 fully saturated rings. The fraction of sp³-hybridized carbons (Fsp3) is 0.444. The van der Waals surface area contributed by atoms with Crippen LogP contribution in [0.3, 0.4) is 0 Å². The molecule has 1 aromatic heterocycles. The first kappa shape index (κ1) is 10.1. The summed E-state index contributed by atoms with van der Waals surface area (Å²) in [6.45, 7) is 5.63. The summed E-state index contributed by atoms with van der Waals surface area (Å²) in [6.07, 6.45) is 0. The summed E-state index contributed by atoms with van der Waals surface area (Å²) in [7, 11) is 0. The predicted molar refractivity (Wildman–Crippen MR) is 51.7 cm³/mol. The highest BCUT2D eigenvalue weighted by Crippen LogP contribution is 2.24. The lowest BCUT2D eigenvalue weighted by atomic mass is 10.1. The van der Waals surface area contributed by atoms with Gasteiger partial charge in [0.1, 0.15) is 0 Å². The maximum atomic E-state index is 11.4. The van der Waals surface area contributed by atoms with Gasteiger partial charge in [-0.15, -0.1) is 11.3 Å². The van der Waals surface area contributed by atoms with Crippen molar-refractivity contribution in [2.45, 2.75) is 26.3 Å². The Labute approximate surface area is 81.4 Å². The summed E-state index contributed by atoms with van der Waals surface area (Å²) in [5, 5.41) is 15.3. The highest BCUT2D eigenvalue weighted by Gasteiger charge is 2.19. The van der Waals surface area contributed by atoms with Crippen molar-refractivity contribution in [3.63, 3.8) is 0 Å². The molecule has 1 N–H and O–H groups in total. The van der Waals surface area contributed by atoms with E-state index in [4.69, 9.17) is 0 Å². The maximum Gasteiger partial charge on any atom is 0.256 e. The van der Waals surface area contributed by atoms with E-state index in [-0.39, 0.29) is 22.1 Å². The molecule has 4 heteroatoms. The molecule has 1 rings (SSSR count). The molecule has 1 aromatic rings. The zero-order valence-electron chi connectivity index (χ0n) is 7.88. The van der Waals surface area contributed by atoms with Gasteiger partial charge in [0.25, 0.3) is 5.91 Å². The molecular formula is C9H12NO2S. The number of thiophene rings is 1. The molecule has 0 aliphatic rings. The number of carbonyl (C=O) groups excluding carboxylic acids is 1. The molecule has 0 saturated carbocycles. The number of amides is 1. The fourth-order valence-electron chi connectivity index (χ4n) is 0.872. The zero-order chi connectivity index (χ0) is 10.1. The van der Waals surface area contributed by atoms with Crippen LogP contribution < -0.4 is 5.32 Å². The van der Waals surface area contributed by atoms with Gasteiger partial charge in [0.15, 0.2) is 0 Å². The number of hydrogen-bond acceptors (Lipinski definition) is 2. The normalized spacial score (nSPS) is 11.3. The van der Waals surface area contributed by atoms with E-state index < -0.39 is 0 Å². The average molecular weight is 198 g/mol. The topological polar surface area (TPSA) is 49.0 Å². The van der Waals surface area contributed by atoms with Crippen molar-refractivity contribution >= 4 is 17.2 Å². The van der Waals surface area contributed by atoms with Crippen LogP contribution in [0.1, 0.15) is 31.1 Å². The lowest BCUT2D eigenvalue weighted by Gasteiger charge is -2.19. The van der Waals surface area contributed by atoms with Crippen molar-refractivity contribution in [3.05, 3.63) is 17.0 Å². The van der Waals surface area contributed by atoms with Crippen LogP contribution in [0.2, 0.25) is 0 Å². The fourth-order valence-corrected chi connectivity index (χ4v) is 1.49. The minimum atomic E-state index is -0.300. The second-order valence-electron chi connectivity index (χ2n) is 3.83. The molecule has 3 nitrogen and oxygen atoms in total. The Morgan fingerprint density at radius 1 is 1.46 bits per heavy atom. The Morgan fingerprint density at radius 3 is 2.46 bits per heavy atom. The molecule has 0 atom stereocenters. The highest BCUT2D eigenvalue weighted by atomic mass is 32.1. The molecule has 0 unspecified atom stereocenters. The van der Waals surface area contributed by atoms with Crippen molar-refractivity contribution in [2.75, 3.05) is 0 Å². The van der Waals surface area contributed by atoms with Crippen molar-refractivity contribution < 1.29 is 9.90 Å². The Morgan fingerprint density at radius 2 is 2.08 bits per heavy atom. The van der Waals surface area contributed by atoms with Crippen LogP contribution >= 0.6 is 11.3 Å². The Bertz CT molecular complexity index is 312. The summed E-state index contributed by atoms with van der Waals surface area (Å²) < 4.78 is 0. The molecule has 1 heterocycles. The van der Waals surface area contributed by atoms with Gasteiger partial charge in [0, 0.05) is 5.54 Å². The van der Waals surface area contributed by atoms with Crippen molar-refractivity contribution in [2.24, 2.45) is 0 Å². The van der Waals surface area contributed by atoms with Gasteiger partial charge in [-0.05, 0) is 32.2 Å². The summed E-state index contributed by atoms with van der Waals surface area (Å²) in [4.78, 5) is 11.4. The molecule has 1 radical (unpaired) electrons. The summed E-state index contributed by atoms with van der Waals surface area (Å²) in [5.74, 6) is -0.293. The highest BCUT2D eigenvalue weighted by molar-refractivity contribution is 7.12. The van der Waals surface area contributed by atoms with Gasteiger partial charge in [0.05, 0.1) is 5.56 Å². The number of nitrogens with one attached hydrogen (secondary N) is 1. The number of rotatable bonds is 1. The quantitative estimate of drug-likeness (QED) is 0.740. The minimum absolute atomic E-state index is 0.179. The minimum Gasteiger partial charge on any atom is -0.347 e. The lowest BCUT2D eigenvalue weighted by molar-refractivity contribution is 0.0916. The molecule has 0 spiro atoms. The largest absolute Gasteiger partial charge is 0.347 e.